The molecular formula is C13H15ClN2O2S. The molecule has 2 amide bonds. The second-order valence-corrected chi connectivity index (χ2v) is 6.03. The Kier molecular flexibility index (Phi) is 4.71. The van der Waals surface area contributed by atoms with Crippen molar-refractivity contribution >= 4 is 40.9 Å². The topological polar surface area (TPSA) is 58.2 Å². The van der Waals surface area contributed by atoms with Gasteiger partial charge in [-0.15, -0.1) is 11.8 Å². The minimum absolute atomic E-state index is 0.0609. The van der Waals surface area contributed by atoms with Crippen molar-refractivity contribution in [1.82, 2.24) is 5.32 Å². The highest BCUT2D eigenvalue weighted by atomic mass is 35.5. The van der Waals surface area contributed by atoms with E-state index < -0.39 is 0 Å². The maximum Gasteiger partial charge on any atom is 0.233 e. The number of rotatable bonds is 3. The Morgan fingerprint density at radius 2 is 2.37 bits per heavy atom. The van der Waals surface area contributed by atoms with Crippen LogP contribution in [0, 0.1) is 6.92 Å². The minimum Gasteiger partial charge on any atom is -0.354 e. The zero-order valence-corrected chi connectivity index (χ0v) is 12.1. The number of benzene rings is 1. The molecule has 0 spiro atoms. The Hall–Kier alpha value is -1.20. The Morgan fingerprint density at radius 3 is 3.11 bits per heavy atom. The number of hydrogen-bond acceptors (Lipinski definition) is 3. The van der Waals surface area contributed by atoms with Crippen molar-refractivity contribution in [3.8, 4) is 0 Å². The lowest BCUT2D eigenvalue weighted by molar-refractivity contribution is -0.123. The van der Waals surface area contributed by atoms with Crippen molar-refractivity contribution < 1.29 is 9.59 Å². The van der Waals surface area contributed by atoms with E-state index in [9.17, 15) is 9.59 Å². The molecule has 6 heteroatoms. The molecule has 1 aromatic rings. The van der Waals surface area contributed by atoms with E-state index in [2.05, 4.69) is 10.6 Å². The van der Waals surface area contributed by atoms with Gasteiger partial charge in [0.2, 0.25) is 11.8 Å². The van der Waals surface area contributed by atoms with Crippen LogP contribution in [-0.2, 0) is 9.59 Å². The van der Waals surface area contributed by atoms with E-state index in [1.807, 2.05) is 6.92 Å². The summed E-state index contributed by atoms with van der Waals surface area (Å²) in [5.74, 6) is 0.619. The van der Waals surface area contributed by atoms with Crippen molar-refractivity contribution in [3.05, 3.63) is 28.8 Å². The van der Waals surface area contributed by atoms with Crippen LogP contribution in [0.25, 0.3) is 0 Å². The predicted molar refractivity (Wildman–Crippen MR) is 78.7 cm³/mol. The number of carbonyl (C=O) groups excluding carboxylic acids is 2. The first-order valence-corrected chi connectivity index (χ1v) is 7.45. The van der Waals surface area contributed by atoms with E-state index in [-0.39, 0.29) is 23.5 Å². The fraction of sp³-hybridized carbons (Fsp3) is 0.385. The van der Waals surface area contributed by atoms with E-state index in [4.69, 9.17) is 11.6 Å². The maximum atomic E-state index is 11.9. The summed E-state index contributed by atoms with van der Waals surface area (Å²) >= 11 is 7.51. The third-order valence-corrected chi connectivity index (χ3v) is 4.56. The van der Waals surface area contributed by atoms with Gasteiger partial charge in [0.15, 0.2) is 0 Å². The number of amides is 2. The molecule has 1 aliphatic rings. The first kappa shape index (κ1) is 14.2. The van der Waals surface area contributed by atoms with Crippen molar-refractivity contribution in [3.63, 3.8) is 0 Å². The van der Waals surface area contributed by atoms with Gasteiger partial charge in [-0.25, -0.2) is 0 Å². The average Bonchev–Trinajstić information content (AvgIpc) is 2.38. The molecule has 2 rings (SSSR count). The standard InChI is InChI=1S/C13H15ClN2O2S/c1-8-9(14)3-2-4-10(8)16-12(17)7-11-13(18)15-5-6-19-11/h2-4,11H,5-7H2,1H3,(H,15,18)(H,16,17)/t11-/m1/s1. The van der Waals surface area contributed by atoms with Crippen LogP contribution in [0.4, 0.5) is 5.69 Å². The van der Waals surface area contributed by atoms with Crippen molar-refractivity contribution in [2.45, 2.75) is 18.6 Å². The minimum atomic E-state index is -0.298. The van der Waals surface area contributed by atoms with E-state index in [0.717, 1.165) is 11.3 Å². The third kappa shape index (κ3) is 3.64. The zero-order valence-electron chi connectivity index (χ0n) is 10.5. The summed E-state index contributed by atoms with van der Waals surface area (Å²) in [7, 11) is 0. The second kappa shape index (κ2) is 6.30. The number of halogens is 1. The van der Waals surface area contributed by atoms with Gasteiger partial charge in [0.05, 0.1) is 5.25 Å². The molecule has 1 fully saturated rings. The van der Waals surface area contributed by atoms with Crippen LogP contribution < -0.4 is 10.6 Å². The predicted octanol–water partition coefficient (Wildman–Crippen LogP) is 2.21. The monoisotopic (exact) mass is 298 g/mol. The lowest BCUT2D eigenvalue weighted by atomic mass is 10.2. The molecule has 0 bridgehead atoms. The number of nitrogens with one attached hydrogen (secondary N) is 2. The molecule has 1 aliphatic heterocycles. The van der Waals surface area contributed by atoms with Gasteiger partial charge in [0.25, 0.3) is 0 Å². The van der Waals surface area contributed by atoms with Gasteiger partial charge >= 0.3 is 0 Å². The van der Waals surface area contributed by atoms with Crippen LogP contribution in [0.15, 0.2) is 18.2 Å². The summed E-state index contributed by atoms with van der Waals surface area (Å²) in [5, 5.41) is 5.88. The Bertz CT molecular complexity index is 507. The van der Waals surface area contributed by atoms with Crippen LogP contribution in [-0.4, -0.2) is 29.4 Å². The summed E-state index contributed by atoms with van der Waals surface area (Å²) in [5.41, 5.74) is 1.52. The molecule has 19 heavy (non-hydrogen) atoms. The van der Waals surface area contributed by atoms with Crippen molar-refractivity contribution in [2.75, 3.05) is 17.6 Å². The molecule has 1 heterocycles. The molecule has 1 atom stereocenters. The van der Waals surface area contributed by atoms with Crippen LogP contribution in [0.3, 0.4) is 0 Å². The molecule has 4 nitrogen and oxygen atoms in total. The summed E-state index contributed by atoms with van der Waals surface area (Å²) in [4.78, 5) is 23.5. The quantitative estimate of drug-likeness (QED) is 0.899. The highest BCUT2D eigenvalue weighted by molar-refractivity contribution is 8.00. The molecular weight excluding hydrogens is 284 g/mol. The first-order valence-electron chi connectivity index (χ1n) is 6.02. The van der Waals surface area contributed by atoms with Crippen LogP contribution in [0.1, 0.15) is 12.0 Å². The number of anilines is 1. The second-order valence-electron chi connectivity index (χ2n) is 4.32. The van der Waals surface area contributed by atoms with E-state index in [0.29, 0.717) is 17.3 Å². The SMILES string of the molecule is Cc1c(Cl)cccc1NC(=O)C[C@H]1SCCNC1=O. The van der Waals surface area contributed by atoms with Crippen molar-refractivity contribution in [1.29, 1.82) is 0 Å². The smallest absolute Gasteiger partial charge is 0.233 e. The number of carbonyl (C=O) groups is 2. The molecule has 1 saturated heterocycles. The molecule has 102 valence electrons. The third-order valence-electron chi connectivity index (χ3n) is 2.93. The highest BCUT2D eigenvalue weighted by Gasteiger charge is 2.25. The summed E-state index contributed by atoms with van der Waals surface area (Å²) in [6.45, 7) is 2.52. The summed E-state index contributed by atoms with van der Waals surface area (Å²) in [6.07, 6.45) is 0.183. The normalized spacial score (nSPS) is 18.8. The molecule has 0 radical (unpaired) electrons. The fourth-order valence-corrected chi connectivity index (χ4v) is 3.01. The number of hydrogen-bond donors (Lipinski definition) is 2. The Morgan fingerprint density at radius 1 is 1.58 bits per heavy atom. The summed E-state index contributed by atoms with van der Waals surface area (Å²) < 4.78 is 0. The van der Waals surface area contributed by atoms with Gasteiger partial charge in [0.1, 0.15) is 0 Å². The molecule has 0 aromatic heterocycles. The molecule has 2 N–H and O–H groups in total. The van der Waals surface area contributed by atoms with Crippen LogP contribution >= 0.6 is 23.4 Å². The lowest BCUT2D eigenvalue weighted by Gasteiger charge is -2.21. The zero-order chi connectivity index (χ0) is 13.8. The summed E-state index contributed by atoms with van der Waals surface area (Å²) in [6, 6.07) is 5.36. The fourth-order valence-electron chi connectivity index (χ4n) is 1.83. The van der Waals surface area contributed by atoms with Gasteiger partial charge in [0, 0.05) is 29.4 Å². The van der Waals surface area contributed by atoms with Gasteiger partial charge in [-0.2, -0.15) is 0 Å². The van der Waals surface area contributed by atoms with Gasteiger partial charge in [-0.05, 0) is 24.6 Å². The maximum absolute atomic E-state index is 11.9. The average molecular weight is 299 g/mol. The van der Waals surface area contributed by atoms with E-state index >= 15 is 0 Å². The highest BCUT2D eigenvalue weighted by Crippen LogP contribution is 2.24. The largest absolute Gasteiger partial charge is 0.354 e. The Labute approximate surface area is 121 Å². The molecule has 1 aromatic carbocycles. The van der Waals surface area contributed by atoms with Gasteiger partial charge in [-0.3, -0.25) is 9.59 Å². The first-order chi connectivity index (χ1) is 9.08. The van der Waals surface area contributed by atoms with Crippen LogP contribution in [0.2, 0.25) is 5.02 Å². The molecule has 0 unspecified atom stereocenters. The van der Waals surface area contributed by atoms with E-state index in [1.54, 1.807) is 18.2 Å². The van der Waals surface area contributed by atoms with Crippen molar-refractivity contribution in [2.24, 2.45) is 0 Å². The molecule has 0 saturated carbocycles. The van der Waals surface area contributed by atoms with Gasteiger partial charge in [-0.1, -0.05) is 17.7 Å². The molecule has 0 aliphatic carbocycles. The lowest BCUT2D eigenvalue weighted by Crippen LogP contribution is -2.40. The van der Waals surface area contributed by atoms with Gasteiger partial charge < -0.3 is 10.6 Å². The van der Waals surface area contributed by atoms with E-state index in [1.165, 1.54) is 11.8 Å². The number of thioether (sulfide) groups is 1. The van der Waals surface area contributed by atoms with Crippen LogP contribution in [0.5, 0.6) is 0 Å². The Balaban J connectivity index is 1.97.